The van der Waals surface area contributed by atoms with Crippen molar-refractivity contribution >= 4 is 5.91 Å². The Hall–Kier alpha value is -1.35. The first-order chi connectivity index (χ1) is 9.08. The Morgan fingerprint density at radius 2 is 1.95 bits per heavy atom. The van der Waals surface area contributed by atoms with E-state index < -0.39 is 0 Å². The lowest BCUT2D eigenvalue weighted by molar-refractivity contribution is 0.0712. The minimum Gasteiger partial charge on any atom is -0.376 e. The highest BCUT2D eigenvalue weighted by Crippen LogP contribution is 2.17. The summed E-state index contributed by atoms with van der Waals surface area (Å²) in [6, 6.07) is 7.91. The van der Waals surface area contributed by atoms with Crippen LogP contribution in [0.4, 0.5) is 0 Å². The molecule has 1 N–H and O–H groups in total. The topological polar surface area (TPSA) is 38.3 Å². The molecule has 1 aromatic carbocycles. The molecule has 1 saturated heterocycles. The number of nitrogens with one attached hydrogen (secondary N) is 1. The van der Waals surface area contributed by atoms with Gasteiger partial charge in [-0.2, -0.15) is 0 Å². The van der Waals surface area contributed by atoms with E-state index in [1.54, 1.807) is 0 Å². The number of benzene rings is 1. The highest BCUT2D eigenvalue weighted by Gasteiger charge is 2.23. The molecule has 3 heteroatoms. The lowest BCUT2D eigenvalue weighted by Gasteiger charge is -2.20. The number of hydrogen-bond acceptors (Lipinski definition) is 2. The van der Waals surface area contributed by atoms with Crippen LogP contribution in [-0.4, -0.2) is 24.7 Å². The Bertz CT molecular complexity index is 419. The maximum atomic E-state index is 12.1. The molecule has 2 atom stereocenters. The van der Waals surface area contributed by atoms with E-state index in [1.165, 1.54) is 5.56 Å². The van der Waals surface area contributed by atoms with Crippen molar-refractivity contribution in [1.82, 2.24) is 5.32 Å². The van der Waals surface area contributed by atoms with Crippen molar-refractivity contribution in [1.29, 1.82) is 0 Å². The average molecular weight is 261 g/mol. The second-order valence-corrected chi connectivity index (χ2v) is 5.59. The van der Waals surface area contributed by atoms with E-state index in [1.807, 2.05) is 31.2 Å². The molecule has 1 heterocycles. The fourth-order valence-corrected chi connectivity index (χ4v) is 2.40. The molecule has 0 spiro atoms. The first-order valence-electron chi connectivity index (χ1n) is 7.10. The van der Waals surface area contributed by atoms with Gasteiger partial charge in [-0.15, -0.1) is 0 Å². The summed E-state index contributed by atoms with van der Waals surface area (Å²) in [6.07, 6.45) is 2.29. The van der Waals surface area contributed by atoms with Gasteiger partial charge in [-0.25, -0.2) is 0 Å². The molecule has 3 nitrogen and oxygen atoms in total. The summed E-state index contributed by atoms with van der Waals surface area (Å²) in [5.41, 5.74) is 1.97. The van der Waals surface area contributed by atoms with Gasteiger partial charge in [0.05, 0.1) is 12.1 Å². The molecule has 0 unspecified atom stereocenters. The predicted molar refractivity (Wildman–Crippen MR) is 76.4 cm³/mol. The van der Waals surface area contributed by atoms with Crippen molar-refractivity contribution < 1.29 is 9.53 Å². The number of carbonyl (C=O) groups is 1. The summed E-state index contributed by atoms with van der Waals surface area (Å²) in [5, 5.41) is 3.02. The van der Waals surface area contributed by atoms with Gasteiger partial charge >= 0.3 is 0 Å². The molecule has 0 aromatic heterocycles. The van der Waals surface area contributed by atoms with Crippen molar-refractivity contribution in [2.75, 3.05) is 6.61 Å². The number of amides is 1. The van der Waals surface area contributed by atoms with E-state index in [0.717, 1.165) is 19.4 Å². The van der Waals surface area contributed by atoms with Gasteiger partial charge in [-0.3, -0.25) is 4.79 Å². The third kappa shape index (κ3) is 3.57. The summed E-state index contributed by atoms with van der Waals surface area (Å²) < 4.78 is 5.59. The number of hydrogen-bond donors (Lipinski definition) is 1. The van der Waals surface area contributed by atoms with Crippen molar-refractivity contribution in [2.45, 2.75) is 51.7 Å². The molecule has 1 aliphatic rings. The number of carbonyl (C=O) groups excluding carboxylic acids is 1. The van der Waals surface area contributed by atoms with Gasteiger partial charge in [0.1, 0.15) is 0 Å². The largest absolute Gasteiger partial charge is 0.376 e. The molecule has 104 valence electrons. The van der Waals surface area contributed by atoms with Crippen LogP contribution in [0.3, 0.4) is 0 Å². The minimum absolute atomic E-state index is 0.0155. The van der Waals surface area contributed by atoms with Crippen molar-refractivity contribution in [3.05, 3.63) is 35.4 Å². The molecule has 0 aliphatic carbocycles. The first kappa shape index (κ1) is 14.1. The minimum atomic E-state index is -0.0155. The van der Waals surface area contributed by atoms with Crippen LogP contribution in [0.25, 0.3) is 0 Å². The van der Waals surface area contributed by atoms with Gasteiger partial charge in [-0.05, 0) is 43.4 Å². The second kappa shape index (κ2) is 6.20. The molecule has 1 amide bonds. The van der Waals surface area contributed by atoms with Crippen molar-refractivity contribution in [2.24, 2.45) is 0 Å². The molecular formula is C16H23NO2. The van der Waals surface area contributed by atoms with Gasteiger partial charge in [0.2, 0.25) is 0 Å². The van der Waals surface area contributed by atoms with Crippen LogP contribution in [0.5, 0.6) is 0 Å². The van der Waals surface area contributed by atoms with Crippen molar-refractivity contribution in [3.8, 4) is 0 Å². The zero-order valence-corrected chi connectivity index (χ0v) is 12.0. The molecule has 19 heavy (non-hydrogen) atoms. The smallest absolute Gasteiger partial charge is 0.251 e. The van der Waals surface area contributed by atoms with E-state index in [2.05, 4.69) is 19.2 Å². The SMILES string of the molecule is CC(C)c1ccc(C(=O)N[C@@H](C)[C@H]2CCCO2)cc1. The predicted octanol–water partition coefficient (Wildman–Crippen LogP) is 3.11. The van der Waals surface area contributed by atoms with Crippen LogP contribution in [0.2, 0.25) is 0 Å². The Morgan fingerprint density at radius 1 is 1.26 bits per heavy atom. The molecule has 2 rings (SSSR count). The van der Waals surface area contributed by atoms with E-state index >= 15 is 0 Å². The van der Waals surface area contributed by atoms with Crippen LogP contribution in [-0.2, 0) is 4.74 Å². The molecule has 1 aliphatic heterocycles. The summed E-state index contributed by atoms with van der Waals surface area (Å²) in [7, 11) is 0. The number of ether oxygens (including phenoxy) is 1. The van der Waals surface area contributed by atoms with Crippen molar-refractivity contribution in [3.63, 3.8) is 0 Å². The molecule has 0 bridgehead atoms. The first-order valence-corrected chi connectivity index (χ1v) is 7.10. The van der Waals surface area contributed by atoms with Gasteiger partial charge in [0.25, 0.3) is 5.91 Å². The zero-order chi connectivity index (χ0) is 13.8. The van der Waals surface area contributed by atoms with Crippen LogP contribution >= 0.6 is 0 Å². The Morgan fingerprint density at radius 3 is 2.47 bits per heavy atom. The zero-order valence-electron chi connectivity index (χ0n) is 12.0. The summed E-state index contributed by atoms with van der Waals surface area (Å²) in [6.45, 7) is 7.12. The van der Waals surface area contributed by atoms with E-state index in [4.69, 9.17) is 4.74 Å². The third-order valence-electron chi connectivity index (χ3n) is 3.72. The molecule has 1 fully saturated rings. The summed E-state index contributed by atoms with van der Waals surface area (Å²) in [5.74, 6) is 0.473. The lowest BCUT2D eigenvalue weighted by Crippen LogP contribution is -2.40. The third-order valence-corrected chi connectivity index (χ3v) is 3.72. The van der Waals surface area contributed by atoms with Crippen LogP contribution in [0, 0.1) is 0 Å². The highest BCUT2D eigenvalue weighted by atomic mass is 16.5. The maximum absolute atomic E-state index is 12.1. The van der Waals surface area contributed by atoms with Crippen LogP contribution in [0.15, 0.2) is 24.3 Å². The van der Waals surface area contributed by atoms with Gasteiger partial charge in [0.15, 0.2) is 0 Å². The van der Waals surface area contributed by atoms with E-state index in [0.29, 0.717) is 11.5 Å². The Labute approximate surface area is 115 Å². The fraction of sp³-hybridized carbons (Fsp3) is 0.562. The summed E-state index contributed by atoms with van der Waals surface area (Å²) in [4.78, 5) is 12.1. The second-order valence-electron chi connectivity index (χ2n) is 5.59. The van der Waals surface area contributed by atoms with Gasteiger partial charge in [0, 0.05) is 12.2 Å². The Balaban J connectivity index is 1.95. The normalized spacial score (nSPS) is 20.5. The maximum Gasteiger partial charge on any atom is 0.251 e. The standard InChI is InChI=1S/C16H23NO2/c1-11(2)13-6-8-14(9-7-13)16(18)17-12(3)15-5-4-10-19-15/h6-9,11-12,15H,4-5,10H2,1-3H3,(H,17,18)/t12-,15+/m0/s1. The molecule has 0 saturated carbocycles. The average Bonchev–Trinajstić information content (AvgIpc) is 2.92. The highest BCUT2D eigenvalue weighted by molar-refractivity contribution is 5.94. The van der Waals surface area contributed by atoms with E-state index in [9.17, 15) is 4.79 Å². The molecule has 1 aromatic rings. The summed E-state index contributed by atoms with van der Waals surface area (Å²) >= 11 is 0. The molecular weight excluding hydrogens is 238 g/mol. The van der Waals surface area contributed by atoms with E-state index in [-0.39, 0.29) is 18.1 Å². The number of rotatable bonds is 4. The monoisotopic (exact) mass is 261 g/mol. The van der Waals surface area contributed by atoms with Crippen LogP contribution < -0.4 is 5.32 Å². The van der Waals surface area contributed by atoms with Gasteiger partial charge in [-0.1, -0.05) is 26.0 Å². The van der Waals surface area contributed by atoms with Gasteiger partial charge < -0.3 is 10.1 Å². The fourth-order valence-electron chi connectivity index (χ4n) is 2.40. The lowest BCUT2D eigenvalue weighted by atomic mass is 10.0. The quantitative estimate of drug-likeness (QED) is 0.904. The molecule has 0 radical (unpaired) electrons. The Kier molecular flexibility index (Phi) is 4.59. The van der Waals surface area contributed by atoms with Crippen LogP contribution in [0.1, 0.15) is 55.5 Å².